The van der Waals surface area contributed by atoms with Crippen molar-refractivity contribution >= 4 is 22.5 Å². The minimum atomic E-state index is 0.410. The van der Waals surface area contributed by atoms with E-state index in [-0.39, 0.29) is 0 Å². The number of nitrogens with two attached hydrogens (primary N) is 2. The molecule has 0 saturated carbocycles. The normalized spacial score (nSPS) is 11.0. The highest BCUT2D eigenvalue weighted by Crippen LogP contribution is 2.29. The van der Waals surface area contributed by atoms with Crippen LogP contribution < -0.4 is 11.5 Å². The summed E-state index contributed by atoms with van der Waals surface area (Å²) in [4.78, 5) is 12.8. The second-order valence-corrected chi connectivity index (χ2v) is 5.16. The molecule has 0 unspecified atom stereocenters. The average Bonchev–Trinajstić information content (AvgIpc) is 3.00. The molecule has 0 spiro atoms. The van der Waals surface area contributed by atoms with Gasteiger partial charge in [0, 0.05) is 35.1 Å². The SMILES string of the molecule is Nc1ncccc1-c1ccc(-n2ccc3ccncc32)nc1N. The van der Waals surface area contributed by atoms with E-state index in [0.717, 1.165) is 27.8 Å². The van der Waals surface area contributed by atoms with Crippen molar-refractivity contribution in [2.24, 2.45) is 0 Å². The summed E-state index contributed by atoms with van der Waals surface area (Å²) in [6.45, 7) is 0. The molecule has 0 aliphatic rings. The highest BCUT2D eigenvalue weighted by atomic mass is 15.1. The summed E-state index contributed by atoms with van der Waals surface area (Å²) >= 11 is 0. The van der Waals surface area contributed by atoms with Gasteiger partial charge < -0.3 is 11.5 Å². The number of nitrogens with zero attached hydrogens (tertiary/aromatic N) is 4. The number of pyridine rings is 3. The topological polar surface area (TPSA) is 95.6 Å². The van der Waals surface area contributed by atoms with Crippen molar-refractivity contribution in [1.29, 1.82) is 0 Å². The van der Waals surface area contributed by atoms with Crippen molar-refractivity contribution in [2.45, 2.75) is 0 Å². The fourth-order valence-electron chi connectivity index (χ4n) is 2.65. The third-order valence-electron chi connectivity index (χ3n) is 3.78. The monoisotopic (exact) mass is 302 g/mol. The van der Waals surface area contributed by atoms with Crippen LogP contribution in [0.1, 0.15) is 0 Å². The highest BCUT2D eigenvalue weighted by molar-refractivity contribution is 5.83. The standard InChI is InChI=1S/C17H14N6/c18-16-12(2-1-7-21-16)13-3-4-15(22-17(13)19)23-9-6-11-5-8-20-10-14(11)23/h1-10H,(H2,18,21)(H2,19,22). The number of hydrogen-bond acceptors (Lipinski definition) is 5. The summed E-state index contributed by atoms with van der Waals surface area (Å²) in [6, 6.07) is 11.5. The minimum absolute atomic E-state index is 0.410. The van der Waals surface area contributed by atoms with Crippen LogP contribution in [-0.2, 0) is 0 Å². The van der Waals surface area contributed by atoms with E-state index in [1.54, 1.807) is 18.6 Å². The van der Waals surface area contributed by atoms with Gasteiger partial charge in [-0.2, -0.15) is 0 Å². The zero-order valence-corrected chi connectivity index (χ0v) is 12.2. The molecule has 0 bridgehead atoms. The van der Waals surface area contributed by atoms with Gasteiger partial charge in [0.2, 0.25) is 0 Å². The van der Waals surface area contributed by atoms with Gasteiger partial charge in [-0.1, -0.05) is 0 Å². The maximum Gasteiger partial charge on any atom is 0.139 e. The first-order valence-electron chi connectivity index (χ1n) is 7.13. The summed E-state index contributed by atoms with van der Waals surface area (Å²) in [7, 11) is 0. The van der Waals surface area contributed by atoms with Gasteiger partial charge in [-0.05, 0) is 36.4 Å². The molecule has 4 heterocycles. The second-order valence-electron chi connectivity index (χ2n) is 5.16. The Morgan fingerprint density at radius 2 is 1.74 bits per heavy atom. The average molecular weight is 302 g/mol. The van der Waals surface area contributed by atoms with Crippen LogP contribution in [0.3, 0.4) is 0 Å². The third kappa shape index (κ3) is 2.17. The molecule has 4 rings (SSSR count). The summed E-state index contributed by atoms with van der Waals surface area (Å²) in [6.07, 6.45) is 7.17. The predicted octanol–water partition coefficient (Wildman–Crippen LogP) is 2.65. The van der Waals surface area contributed by atoms with E-state index in [4.69, 9.17) is 11.5 Å². The summed E-state index contributed by atoms with van der Waals surface area (Å²) in [5.41, 5.74) is 14.6. The molecule has 0 aromatic carbocycles. The van der Waals surface area contributed by atoms with Crippen LogP contribution in [0, 0.1) is 0 Å². The van der Waals surface area contributed by atoms with Crippen molar-refractivity contribution in [2.75, 3.05) is 11.5 Å². The van der Waals surface area contributed by atoms with Crippen LogP contribution in [0.15, 0.2) is 61.2 Å². The Labute approximate surface area is 132 Å². The molecule has 6 heteroatoms. The molecular formula is C17H14N6. The van der Waals surface area contributed by atoms with E-state index in [9.17, 15) is 0 Å². The van der Waals surface area contributed by atoms with E-state index < -0.39 is 0 Å². The molecule has 6 nitrogen and oxygen atoms in total. The first-order chi connectivity index (χ1) is 11.2. The van der Waals surface area contributed by atoms with E-state index >= 15 is 0 Å². The Balaban J connectivity index is 1.84. The molecule has 112 valence electrons. The lowest BCUT2D eigenvalue weighted by Crippen LogP contribution is -2.02. The van der Waals surface area contributed by atoms with Gasteiger partial charge in [0.1, 0.15) is 17.5 Å². The molecule has 0 aliphatic carbocycles. The van der Waals surface area contributed by atoms with Crippen LogP contribution >= 0.6 is 0 Å². The maximum absolute atomic E-state index is 6.15. The van der Waals surface area contributed by atoms with Crippen LogP contribution in [0.2, 0.25) is 0 Å². The van der Waals surface area contributed by atoms with E-state index in [1.165, 1.54) is 0 Å². The van der Waals surface area contributed by atoms with Gasteiger partial charge in [-0.15, -0.1) is 0 Å². The summed E-state index contributed by atoms with van der Waals surface area (Å²) < 4.78 is 1.95. The smallest absolute Gasteiger partial charge is 0.139 e. The molecule has 0 aliphatic heterocycles. The molecule has 0 amide bonds. The van der Waals surface area contributed by atoms with Crippen molar-refractivity contribution in [3.05, 3.63) is 61.2 Å². The van der Waals surface area contributed by atoms with Crippen LogP contribution in [0.4, 0.5) is 11.6 Å². The molecular weight excluding hydrogens is 288 g/mol. The maximum atomic E-state index is 6.15. The lowest BCUT2D eigenvalue weighted by atomic mass is 10.1. The van der Waals surface area contributed by atoms with Crippen LogP contribution in [-0.4, -0.2) is 19.5 Å². The molecule has 0 radical (unpaired) electrons. The third-order valence-corrected chi connectivity index (χ3v) is 3.78. The predicted molar refractivity (Wildman–Crippen MR) is 90.9 cm³/mol. The van der Waals surface area contributed by atoms with Gasteiger partial charge in [-0.3, -0.25) is 9.55 Å². The minimum Gasteiger partial charge on any atom is -0.383 e. The van der Waals surface area contributed by atoms with Crippen molar-refractivity contribution in [1.82, 2.24) is 19.5 Å². The number of aromatic nitrogens is 4. The molecule has 4 aromatic rings. The lowest BCUT2D eigenvalue weighted by Gasteiger charge is -2.10. The Hall–Kier alpha value is -3.41. The largest absolute Gasteiger partial charge is 0.383 e. The second kappa shape index (κ2) is 5.10. The van der Waals surface area contributed by atoms with Gasteiger partial charge in [0.15, 0.2) is 0 Å². The summed E-state index contributed by atoms with van der Waals surface area (Å²) in [5, 5.41) is 1.10. The molecule has 0 fully saturated rings. The number of nitrogen functional groups attached to an aromatic ring is 2. The van der Waals surface area contributed by atoms with Gasteiger partial charge in [0.05, 0.1) is 11.7 Å². The van der Waals surface area contributed by atoms with Crippen molar-refractivity contribution in [3.8, 4) is 16.9 Å². The van der Waals surface area contributed by atoms with E-state index in [2.05, 4.69) is 15.0 Å². The fourth-order valence-corrected chi connectivity index (χ4v) is 2.65. The zero-order chi connectivity index (χ0) is 15.8. The quantitative estimate of drug-likeness (QED) is 0.593. The molecule has 0 saturated heterocycles. The first kappa shape index (κ1) is 13.3. The zero-order valence-electron chi connectivity index (χ0n) is 12.2. The Kier molecular flexibility index (Phi) is 2.94. The fraction of sp³-hybridized carbons (Fsp3) is 0. The number of fused-ring (bicyclic) bond motifs is 1. The highest BCUT2D eigenvalue weighted by Gasteiger charge is 2.11. The van der Waals surface area contributed by atoms with Gasteiger partial charge in [0.25, 0.3) is 0 Å². The Morgan fingerprint density at radius 3 is 2.57 bits per heavy atom. The molecule has 0 atom stereocenters. The van der Waals surface area contributed by atoms with Crippen molar-refractivity contribution < 1.29 is 0 Å². The molecule has 4 N–H and O–H groups in total. The summed E-state index contributed by atoms with van der Waals surface area (Å²) in [5.74, 6) is 1.58. The van der Waals surface area contributed by atoms with E-state index in [0.29, 0.717) is 11.6 Å². The molecule has 23 heavy (non-hydrogen) atoms. The Morgan fingerprint density at radius 1 is 0.870 bits per heavy atom. The van der Waals surface area contributed by atoms with Crippen molar-refractivity contribution in [3.63, 3.8) is 0 Å². The van der Waals surface area contributed by atoms with Gasteiger partial charge in [-0.25, -0.2) is 9.97 Å². The lowest BCUT2D eigenvalue weighted by molar-refractivity contribution is 1.04. The van der Waals surface area contributed by atoms with Gasteiger partial charge >= 0.3 is 0 Å². The van der Waals surface area contributed by atoms with E-state index in [1.807, 2.05) is 47.2 Å². The van der Waals surface area contributed by atoms with Crippen LogP contribution in [0.25, 0.3) is 27.8 Å². The van der Waals surface area contributed by atoms with Crippen LogP contribution in [0.5, 0.6) is 0 Å². The number of anilines is 2. The number of hydrogen-bond donors (Lipinski definition) is 2. The first-order valence-corrected chi connectivity index (χ1v) is 7.13. The number of rotatable bonds is 2. The molecule has 4 aromatic heterocycles. The Bertz CT molecular complexity index is 1000.